The Kier molecular flexibility index (Phi) is 12.9. The molecule has 2 aromatic rings. The fraction of sp³-hybridized carbons (Fsp3) is 0.364. The van der Waals surface area contributed by atoms with Crippen LogP contribution >= 0.6 is 11.8 Å². The molecule has 0 fully saturated rings. The lowest BCUT2D eigenvalue weighted by Gasteiger charge is -2.07. The molecule has 152 valence electrons. The maximum absolute atomic E-state index is 7.06. The summed E-state index contributed by atoms with van der Waals surface area (Å²) >= 11 is 1.71. The lowest BCUT2D eigenvalue weighted by molar-refractivity contribution is 0.0725. The zero-order valence-electron chi connectivity index (χ0n) is 17.0. The second-order valence-electron chi connectivity index (χ2n) is 6.02. The van der Waals surface area contributed by atoms with Gasteiger partial charge in [-0.05, 0) is 43.8 Å². The third-order valence-electron chi connectivity index (χ3n) is 3.81. The van der Waals surface area contributed by atoms with Crippen molar-refractivity contribution in [3.63, 3.8) is 0 Å². The molecule has 0 radical (unpaired) electrons. The van der Waals surface area contributed by atoms with Crippen LogP contribution in [0.25, 0.3) is 0 Å². The summed E-state index contributed by atoms with van der Waals surface area (Å²) < 4.78 is 10.2. The minimum atomic E-state index is 0.646. The molecule has 2 rings (SSSR count). The topological polar surface area (TPSA) is 66.7 Å². The Balaban J connectivity index is 0.000000330. The Morgan fingerprint density at radius 2 is 1.93 bits per heavy atom. The third kappa shape index (κ3) is 9.80. The predicted octanol–water partition coefficient (Wildman–Crippen LogP) is 4.62. The summed E-state index contributed by atoms with van der Waals surface area (Å²) in [5.74, 6) is 0.834. The first-order valence-electron chi connectivity index (χ1n) is 9.16. The van der Waals surface area contributed by atoms with Gasteiger partial charge in [-0.2, -0.15) is 0 Å². The molecule has 2 aromatic carbocycles. The number of nitrogens with one attached hydrogen (secondary N) is 2. The molecule has 0 aliphatic heterocycles. The Bertz CT molecular complexity index is 723. The van der Waals surface area contributed by atoms with E-state index < -0.39 is 0 Å². The van der Waals surface area contributed by atoms with Gasteiger partial charge >= 0.3 is 0 Å². The van der Waals surface area contributed by atoms with Crippen molar-refractivity contribution < 1.29 is 9.47 Å². The summed E-state index contributed by atoms with van der Waals surface area (Å²) in [5, 5.41) is 10.4. The molecule has 0 saturated carbocycles. The number of thioether (sulfide) groups is 1. The van der Waals surface area contributed by atoms with Crippen molar-refractivity contribution in [3.05, 3.63) is 59.2 Å². The van der Waals surface area contributed by atoms with Crippen molar-refractivity contribution in [2.75, 3.05) is 39.4 Å². The normalized spacial score (nSPS) is 10.1. The number of nitrogens with zero attached hydrogens (tertiary/aromatic N) is 1. The van der Waals surface area contributed by atoms with Crippen molar-refractivity contribution in [1.29, 1.82) is 5.41 Å². The number of rotatable bonds is 11. The number of para-hydroxylation sites is 1. The van der Waals surface area contributed by atoms with Crippen molar-refractivity contribution in [1.82, 2.24) is 5.32 Å². The molecule has 6 heteroatoms. The average molecular weight is 402 g/mol. The fourth-order valence-electron chi connectivity index (χ4n) is 2.21. The van der Waals surface area contributed by atoms with Crippen molar-refractivity contribution >= 4 is 30.4 Å². The van der Waals surface area contributed by atoms with Gasteiger partial charge in [0.05, 0.1) is 25.5 Å². The van der Waals surface area contributed by atoms with Gasteiger partial charge in [-0.3, -0.25) is 4.99 Å². The van der Waals surface area contributed by atoms with E-state index in [0.29, 0.717) is 19.8 Å². The van der Waals surface area contributed by atoms with E-state index in [0.717, 1.165) is 28.6 Å². The molecule has 5 nitrogen and oxygen atoms in total. The van der Waals surface area contributed by atoms with Gasteiger partial charge in [0.1, 0.15) is 0 Å². The summed E-state index contributed by atoms with van der Waals surface area (Å²) in [4.78, 5) is 5.12. The zero-order valence-corrected chi connectivity index (χ0v) is 17.8. The third-order valence-corrected chi connectivity index (χ3v) is 4.82. The first-order valence-corrected chi connectivity index (χ1v) is 10.1. The van der Waals surface area contributed by atoms with Crippen LogP contribution in [0.15, 0.2) is 52.4 Å². The maximum Gasteiger partial charge on any atom is 0.0758 e. The van der Waals surface area contributed by atoms with Crippen LogP contribution in [0.4, 0.5) is 5.69 Å². The van der Waals surface area contributed by atoms with Crippen LogP contribution in [0.3, 0.4) is 0 Å². The Hall–Kier alpha value is -1.99. The van der Waals surface area contributed by atoms with Crippen molar-refractivity contribution in [2.45, 2.75) is 18.7 Å². The van der Waals surface area contributed by atoms with E-state index in [-0.39, 0.29) is 0 Å². The smallest absolute Gasteiger partial charge is 0.0758 e. The largest absolute Gasteiger partial charge is 0.382 e. The molecule has 0 unspecified atom stereocenters. The number of aliphatic imine (C=N–C) groups is 1. The molecule has 0 aliphatic carbocycles. The van der Waals surface area contributed by atoms with Gasteiger partial charge in [-0.15, -0.1) is 11.8 Å². The molecule has 0 saturated heterocycles. The molecular weight excluding hydrogens is 370 g/mol. The Labute approximate surface area is 173 Å². The van der Waals surface area contributed by atoms with Gasteiger partial charge in [0.25, 0.3) is 0 Å². The number of ether oxygens (including phenoxy) is 2. The number of hydrogen-bond acceptors (Lipinski definition) is 6. The van der Waals surface area contributed by atoms with Gasteiger partial charge in [0.15, 0.2) is 0 Å². The molecule has 0 amide bonds. The number of methoxy groups -OCH3 is 1. The second-order valence-corrected chi connectivity index (χ2v) is 7.04. The summed E-state index contributed by atoms with van der Waals surface area (Å²) in [5.41, 5.74) is 4.32. The number of benzene rings is 2. The number of aryl methyl sites for hydroxylation is 2. The van der Waals surface area contributed by atoms with E-state index in [1.807, 2.05) is 50.2 Å². The first-order chi connectivity index (χ1) is 13.6. The molecule has 0 aromatic heterocycles. The SMILES string of the molecule is C=Nc1ccccc1SCNCCOCCOC.Cc1ccc(C)c(C=N)c1. The lowest BCUT2D eigenvalue weighted by atomic mass is 10.1. The maximum atomic E-state index is 7.06. The van der Waals surface area contributed by atoms with E-state index in [1.165, 1.54) is 17.3 Å². The lowest BCUT2D eigenvalue weighted by Crippen LogP contribution is -2.20. The highest BCUT2D eigenvalue weighted by atomic mass is 32.2. The van der Waals surface area contributed by atoms with Crippen LogP contribution in [0.1, 0.15) is 16.7 Å². The minimum Gasteiger partial charge on any atom is -0.382 e. The van der Waals surface area contributed by atoms with E-state index >= 15 is 0 Å². The second kappa shape index (κ2) is 15.0. The fourth-order valence-corrected chi connectivity index (χ4v) is 3.07. The summed E-state index contributed by atoms with van der Waals surface area (Å²) in [6.07, 6.45) is 1.39. The van der Waals surface area contributed by atoms with Crippen LogP contribution < -0.4 is 5.32 Å². The monoisotopic (exact) mass is 401 g/mol. The molecular formula is C22H31N3O2S. The quantitative estimate of drug-likeness (QED) is 0.249. The van der Waals surface area contributed by atoms with E-state index in [4.69, 9.17) is 14.9 Å². The molecule has 0 spiro atoms. The molecule has 0 aliphatic rings. The Morgan fingerprint density at radius 3 is 2.61 bits per heavy atom. The van der Waals surface area contributed by atoms with Gasteiger partial charge in [-0.1, -0.05) is 35.9 Å². The van der Waals surface area contributed by atoms with Crippen molar-refractivity contribution in [2.24, 2.45) is 4.99 Å². The van der Waals surface area contributed by atoms with Crippen LogP contribution in [0.2, 0.25) is 0 Å². The zero-order chi connectivity index (χ0) is 20.6. The standard InChI is InChI=1S/C13H20N2O2S.C9H11N/c1-14-12-5-3-4-6-13(12)18-11-15-7-8-17-10-9-16-2;1-7-3-4-8(2)9(5-7)6-10/h3-6,15H,1,7-11H2,2H3;3-6,10H,1-2H3. The molecule has 0 atom stereocenters. The molecule has 28 heavy (non-hydrogen) atoms. The van der Waals surface area contributed by atoms with Gasteiger partial charge in [-0.25, -0.2) is 0 Å². The van der Waals surface area contributed by atoms with Crippen LogP contribution in [0, 0.1) is 19.3 Å². The van der Waals surface area contributed by atoms with E-state index in [9.17, 15) is 0 Å². The highest BCUT2D eigenvalue weighted by molar-refractivity contribution is 7.99. The van der Waals surface area contributed by atoms with Gasteiger partial charge in [0.2, 0.25) is 0 Å². The first kappa shape index (κ1) is 24.0. The highest BCUT2D eigenvalue weighted by Crippen LogP contribution is 2.27. The highest BCUT2D eigenvalue weighted by Gasteiger charge is 1.99. The average Bonchev–Trinajstić information content (AvgIpc) is 2.72. The molecule has 0 bridgehead atoms. The predicted molar refractivity (Wildman–Crippen MR) is 121 cm³/mol. The van der Waals surface area contributed by atoms with Gasteiger partial charge in [0, 0.05) is 30.6 Å². The van der Waals surface area contributed by atoms with Crippen molar-refractivity contribution in [3.8, 4) is 0 Å². The number of hydrogen-bond donors (Lipinski definition) is 2. The summed E-state index contributed by atoms with van der Waals surface area (Å²) in [6.45, 7) is 10.4. The van der Waals surface area contributed by atoms with Gasteiger partial charge < -0.3 is 20.2 Å². The Morgan fingerprint density at radius 1 is 1.14 bits per heavy atom. The van der Waals surface area contributed by atoms with Crippen LogP contribution in [-0.4, -0.2) is 52.3 Å². The van der Waals surface area contributed by atoms with E-state index in [1.54, 1.807) is 18.9 Å². The van der Waals surface area contributed by atoms with E-state index in [2.05, 4.69) is 23.1 Å². The van der Waals surface area contributed by atoms with Crippen LogP contribution in [-0.2, 0) is 9.47 Å². The molecule has 2 N–H and O–H groups in total. The molecule has 0 heterocycles. The van der Waals surface area contributed by atoms with Crippen LogP contribution in [0.5, 0.6) is 0 Å². The summed E-state index contributed by atoms with van der Waals surface area (Å²) in [7, 11) is 1.67. The minimum absolute atomic E-state index is 0.646. The summed E-state index contributed by atoms with van der Waals surface area (Å²) in [6, 6.07) is 14.1.